The van der Waals surface area contributed by atoms with Gasteiger partial charge in [-0.3, -0.25) is 29.9 Å². The minimum atomic E-state index is 0.973. The number of rotatable bonds is 0. The number of hydrogen-bond acceptors (Lipinski definition) is 6. The first-order valence-electron chi connectivity index (χ1n) is 30.6. The van der Waals surface area contributed by atoms with Crippen LogP contribution in [0, 0.1) is 83.1 Å². The summed E-state index contributed by atoms with van der Waals surface area (Å²) in [6.07, 6.45) is 11.1. The van der Waals surface area contributed by atoms with Gasteiger partial charge in [-0.15, -0.1) is 0 Å². The van der Waals surface area contributed by atoms with Crippen LogP contribution in [0.3, 0.4) is 0 Å². The molecule has 0 N–H and O–H groups in total. The average Bonchev–Trinajstić information content (AvgIpc) is 3.64. The highest BCUT2D eigenvalue weighted by molar-refractivity contribution is 5.88. The lowest BCUT2D eigenvalue weighted by molar-refractivity contribution is 1.18. The lowest BCUT2D eigenvalue weighted by Gasteiger charge is -2.04. The molecule has 0 aliphatic carbocycles. The van der Waals surface area contributed by atoms with Crippen LogP contribution in [0.15, 0.2) is 183 Å². The molecule has 444 valence electrons. The number of benzene rings is 6. The molecule has 6 aromatic carbocycles. The van der Waals surface area contributed by atoms with Gasteiger partial charge in [-0.1, -0.05) is 180 Å². The summed E-state index contributed by atoms with van der Waals surface area (Å²) >= 11 is 0. The van der Waals surface area contributed by atoms with Crippen molar-refractivity contribution in [1.82, 2.24) is 29.9 Å². The third kappa shape index (κ3) is 21.8. The molecule has 0 spiro atoms. The van der Waals surface area contributed by atoms with Gasteiger partial charge in [0.05, 0.1) is 22.1 Å². The Bertz CT molecular complexity index is 3280. The molecule has 0 radical (unpaired) electrons. The number of pyridine rings is 6. The number of fused-ring (bicyclic) bond motifs is 6. The zero-order valence-corrected chi connectivity index (χ0v) is 56.0. The van der Waals surface area contributed by atoms with Gasteiger partial charge in [0.2, 0.25) is 0 Å². The molecule has 84 heavy (non-hydrogen) atoms. The predicted octanol–water partition coefficient (Wildman–Crippen LogP) is 23.3. The van der Waals surface area contributed by atoms with Gasteiger partial charge < -0.3 is 0 Å². The van der Waals surface area contributed by atoms with Crippen molar-refractivity contribution in [2.75, 3.05) is 0 Å². The monoisotopic (exact) mass is 1120 g/mol. The fourth-order valence-electron chi connectivity index (χ4n) is 8.29. The van der Waals surface area contributed by atoms with Crippen molar-refractivity contribution in [2.45, 2.75) is 166 Å². The number of aryl methyl sites for hydroxylation is 12. The zero-order valence-electron chi connectivity index (χ0n) is 56.0. The molecule has 0 bridgehead atoms. The number of aromatic nitrogens is 6. The molecule has 0 atom stereocenters. The Kier molecular flexibility index (Phi) is 35.9. The fraction of sp³-hybridized carbons (Fsp3) is 0.308. The third-order valence-electron chi connectivity index (χ3n) is 13.7. The molecule has 0 fully saturated rings. The normalized spacial score (nSPS) is 9.43. The molecular weight excluding hydrogens is 1020 g/mol. The van der Waals surface area contributed by atoms with Crippen LogP contribution >= 0.6 is 0 Å². The summed E-state index contributed by atoms with van der Waals surface area (Å²) in [5.41, 5.74) is 19.5. The molecule has 0 saturated carbocycles. The molecule has 0 saturated heterocycles. The van der Waals surface area contributed by atoms with Crippen molar-refractivity contribution >= 4 is 65.2 Å². The first-order chi connectivity index (χ1) is 40.7. The summed E-state index contributed by atoms with van der Waals surface area (Å²) in [4.78, 5) is 25.6. The standard InChI is InChI=1S/C12H12.4C11H11N.C10H10N2.6C2H6/c1-9-7-8-11-5-3-4-6-12(11)10(9)2;1-8-3-4-10-7-12-6-5-11(10)9(8)2;1-8-3-4-10-5-6-12-7-11(10)9(8)2;1-8-5-6-10-4-3-7-12-11(10)9(8)2;1-8-7-10-5-3-4-6-11(10)12-9(8)2;1-7-6-10-9(12-8(7)2)4-3-5-11-10;6*1-2/h3-8H,1-2H3;4*3-7H,1-2H3;3-6H,1-2H3;6*1-2H3. The number of hydrogen-bond donors (Lipinski definition) is 0. The van der Waals surface area contributed by atoms with Crippen molar-refractivity contribution in [1.29, 1.82) is 0 Å². The smallest absolute Gasteiger partial charge is 0.0890 e. The van der Waals surface area contributed by atoms with Crippen molar-refractivity contribution in [3.8, 4) is 0 Å². The molecule has 0 amide bonds. The minimum Gasteiger partial charge on any atom is -0.264 e. The average molecular weight is 1120 g/mol. The molecule has 12 aromatic rings. The predicted molar refractivity (Wildman–Crippen MR) is 375 cm³/mol. The van der Waals surface area contributed by atoms with Gasteiger partial charge in [0.1, 0.15) is 0 Å². The summed E-state index contributed by atoms with van der Waals surface area (Å²) in [6, 6.07) is 50.2. The highest BCUT2D eigenvalue weighted by atomic mass is 14.8. The van der Waals surface area contributed by atoms with E-state index in [9.17, 15) is 0 Å². The van der Waals surface area contributed by atoms with Gasteiger partial charge in [-0.25, -0.2) is 0 Å². The van der Waals surface area contributed by atoms with Crippen LogP contribution in [-0.4, -0.2) is 29.9 Å². The second-order valence-corrected chi connectivity index (χ2v) is 18.5. The molecule has 6 nitrogen and oxygen atoms in total. The highest BCUT2D eigenvalue weighted by Gasteiger charge is 2.03. The zero-order chi connectivity index (χ0) is 63.3. The second-order valence-electron chi connectivity index (χ2n) is 18.5. The summed E-state index contributed by atoms with van der Waals surface area (Å²) in [5, 5.41) is 10.2. The van der Waals surface area contributed by atoms with Crippen molar-refractivity contribution in [3.63, 3.8) is 0 Å². The SMILES string of the molecule is CC.CC.CC.CC.CC.CC.Cc1cc2ccccc2nc1C.Cc1cc2ncccc2nc1C.Cc1ccc2ccccc2c1C.Cc1ccc2cccnc2c1C.Cc1ccc2ccncc2c1C.Cc1ccc2cnccc2c1C. The van der Waals surface area contributed by atoms with Gasteiger partial charge in [-0.05, 0) is 209 Å². The lowest BCUT2D eigenvalue weighted by atomic mass is 10.0. The van der Waals surface area contributed by atoms with E-state index in [1.807, 2.05) is 170 Å². The van der Waals surface area contributed by atoms with E-state index in [-0.39, 0.29) is 0 Å². The van der Waals surface area contributed by atoms with E-state index in [0.717, 1.165) is 33.5 Å². The van der Waals surface area contributed by atoms with Gasteiger partial charge in [0.15, 0.2) is 0 Å². The molecule has 0 aliphatic heterocycles. The molecular formula is C78H102N6. The van der Waals surface area contributed by atoms with E-state index in [0.29, 0.717) is 0 Å². The largest absolute Gasteiger partial charge is 0.264 e. The topological polar surface area (TPSA) is 77.3 Å². The first kappa shape index (κ1) is 73.8. The first-order valence-corrected chi connectivity index (χ1v) is 30.6. The Labute approximate surface area is 508 Å². The Morgan fingerprint density at radius 2 is 0.655 bits per heavy atom. The van der Waals surface area contributed by atoms with Crippen LogP contribution in [0.5, 0.6) is 0 Å². The number of para-hydroxylation sites is 1. The van der Waals surface area contributed by atoms with Gasteiger partial charge in [-0.2, -0.15) is 0 Å². The Morgan fingerprint density at radius 3 is 1.26 bits per heavy atom. The molecule has 0 unspecified atom stereocenters. The van der Waals surface area contributed by atoms with Gasteiger partial charge in [0.25, 0.3) is 0 Å². The Hall–Kier alpha value is -8.22. The maximum Gasteiger partial charge on any atom is 0.0890 e. The van der Waals surface area contributed by atoms with Crippen LogP contribution in [-0.2, 0) is 0 Å². The van der Waals surface area contributed by atoms with E-state index in [1.54, 1.807) is 6.20 Å². The van der Waals surface area contributed by atoms with E-state index in [1.165, 1.54) is 98.7 Å². The van der Waals surface area contributed by atoms with E-state index < -0.39 is 0 Å². The van der Waals surface area contributed by atoms with Gasteiger partial charge in [0, 0.05) is 70.1 Å². The fourth-order valence-corrected chi connectivity index (χ4v) is 8.29. The van der Waals surface area contributed by atoms with Crippen LogP contribution in [0.25, 0.3) is 65.2 Å². The van der Waals surface area contributed by atoms with Crippen LogP contribution in [0.4, 0.5) is 0 Å². The van der Waals surface area contributed by atoms with Crippen LogP contribution in [0.1, 0.15) is 150 Å². The molecule has 0 aliphatic rings. The highest BCUT2D eigenvalue weighted by Crippen LogP contribution is 2.23. The quantitative estimate of drug-likeness (QED) is 0.151. The number of nitrogens with zero attached hydrogens (tertiary/aromatic N) is 6. The maximum absolute atomic E-state index is 4.48. The van der Waals surface area contributed by atoms with E-state index in [2.05, 4.69) is 202 Å². The van der Waals surface area contributed by atoms with E-state index in [4.69, 9.17) is 0 Å². The summed E-state index contributed by atoms with van der Waals surface area (Å²) in [7, 11) is 0. The minimum absolute atomic E-state index is 0.973. The summed E-state index contributed by atoms with van der Waals surface area (Å²) < 4.78 is 0. The molecule has 6 heteroatoms. The van der Waals surface area contributed by atoms with E-state index >= 15 is 0 Å². The Morgan fingerprint density at radius 1 is 0.250 bits per heavy atom. The summed E-state index contributed by atoms with van der Waals surface area (Å²) in [5.74, 6) is 0. The van der Waals surface area contributed by atoms with Crippen LogP contribution < -0.4 is 0 Å². The summed E-state index contributed by atoms with van der Waals surface area (Å²) in [6.45, 7) is 49.3. The Balaban J connectivity index is 0.000000486. The molecule has 6 heterocycles. The third-order valence-corrected chi connectivity index (χ3v) is 13.7. The van der Waals surface area contributed by atoms with Crippen LogP contribution in [0.2, 0.25) is 0 Å². The molecule has 12 rings (SSSR count). The lowest BCUT2D eigenvalue weighted by Crippen LogP contribution is -1.89. The van der Waals surface area contributed by atoms with Crippen molar-refractivity contribution in [2.24, 2.45) is 0 Å². The second kappa shape index (κ2) is 40.9. The van der Waals surface area contributed by atoms with Crippen molar-refractivity contribution in [3.05, 3.63) is 250 Å². The van der Waals surface area contributed by atoms with Crippen molar-refractivity contribution < 1.29 is 0 Å². The maximum atomic E-state index is 4.48. The van der Waals surface area contributed by atoms with Gasteiger partial charge >= 0.3 is 0 Å². The molecule has 6 aromatic heterocycles.